The van der Waals surface area contributed by atoms with E-state index in [2.05, 4.69) is 9.88 Å². The summed E-state index contributed by atoms with van der Waals surface area (Å²) in [6.07, 6.45) is 3.78. The first-order valence-electron chi connectivity index (χ1n) is 7.74. The van der Waals surface area contributed by atoms with Crippen LogP contribution >= 0.6 is 0 Å². The maximum atomic E-state index is 12.5. The van der Waals surface area contributed by atoms with E-state index in [1.807, 2.05) is 66.7 Å². The van der Waals surface area contributed by atoms with Crippen molar-refractivity contribution in [1.29, 1.82) is 0 Å². The fourth-order valence-electron chi connectivity index (χ4n) is 2.97. The molecule has 0 saturated carbocycles. The van der Waals surface area contributed by atoms with Crippen molar-refractivity contribution in [2.45, 2.75) is 18.9 Å². The molecule has 1 aliphatic rings. The molecule has 22 heavy (non-hydrogen) atoms. The van der Waals surface area contributed by atoms with Crippen LogP contribution in [0, 0.1) is 0 Å². The molecule has 4 heteroatoms. The lowest BCUT2D eigenvalue weighted by Crippen LogP contribution is -2.45. The van der Waals surface area contributed by atoms with Gasteiger partial charge in [0.15, 0.2) is 0 Å². The van der Waals surface area contributed by atoms with Gasteiger partial charge < -0.3 is 9.80 Å². The molecule has 0 aliphatic carbocycles. The van der Waals surface area contributed by atoms with Gasteiger partial charge in [-0.2, -0.15) is 0 Å². The predicted octanol–water partition coefficient (Wildman–Crippen LogP) is 2.82. The third-order valence-electron chi connectivity index (χ3n) is 4.33. The van der Waals surface area contributed by atoms with Crippen LogP contribution in [0.1, 0.15) is 23.2 Å². The number of hydrogen-bond acceptors (Lipinski definition) is 3. The summed E-state index contributed by atoms with van der Waals surface area (Å²) in [6, 6.07) is 15.8. The number of rotatable bonds is 3. The van der Waals surface area contributed by atoms with Crippen molar-refractivity contribution in [3.05, 3.63) is 60.3 Å². The van der Waals surface area contributed by atoms with Crippen molar-refractivity contribution in [2.75, 3.05) is 25.0 Å². The molecular formula is C18H21N3O. The SMILES string of the molecule is CN(C(=O)c1ccccc1)C1CCN(c2ccccn2)CC1. The first-order chi connectivity index (χ1) is 10.8. The lowest BCUT2D eigenvalue weighted by molar-refractivity contribution is 0.0709. The van der Waals surface area contributed by atoms with E-state index >= 15 is 0 Å². The minimum Gasteiger partial charge on any atom is -0.356 e. The Kier molecular flexibility index (Phi) is 4.37. The second kappa shape index (κ2) is 6.60. The summed E-state index contributed by atoms with van der Waals surface area (Å²) >= 11 is 0. The van der Waals surface area contributed by atoms with Gasteiger partial charge in [0.1, 0.15) is 5.82 Å². The fraction of sp³-hybridized carbons (Fsp3) is 0.333. The van der Waals surface area contributed by atoms with Crippen molar-refractivity contribution in [1.82, 2.24) is 9.88 Å². The molecule has 1 aromatic carbocycles. The summed E-state index contributed by atoms with van der Waals surface area (Å²) in [5.41, 5.74) is 0.761. The normalized spacial score (nSPS) is 15.6. The Morgan fingerprint density at radius 3 is 2.41 bits per heavy atom. The number of nitrogens with zero attached hydrogens (tertiary/aromatic N) is 3. The standard InChI is InChI=1S/C18H21N3O/c1-20(18(22)15-7-3-2-4-8-15)16-10-13-21(14-11-16)17-9-5-6-12-19-17/h2-9,12,16H,10-11,13-14H2,1H3. The van der Waals surface area contributed by atoms with Crippen LogP contribution in [0.4, 0.5) is 5.82 Å². The highest BCUT2D eigenvalue weighted by Gasteiger charge is 2.26. The molecule has 114 valence electrons. The highest BCUT2D eigenvalue weighted by molar-refractivity contribution is 5.94. The predicted molar refractivity (Wildman–Crippen MR) is 88.0 cm³/mol. The van der Waals surface area contributed by atoms with Crippen molar-refractivity contribution in [2.24, 2.45) is 0 Å². The van der Waals surface area contributed by atoms with Crippen LogP contribution < -0.4 is 4.90 Å². The van der Waals surface area contributed by atoms with Gasteiger partial charge in [0.25, 0.3) is 5.91 Å². The fourth-order valence-corrected chi connectivity index (χ4v) is 2.97. The molecule has 1 saturated heterocycles. The first kappa shape index (κ1) is 14.6. The summed E-state index contributed by atoms with van der Waals surface area (Å²) in [4.78, 5) is 21.1. The van der Waals surface area contributed by atoms with E-state index in [4.69, 9.17) is 0 Å². The van der Waals surface area contributed by atoms with E-state index in [0.29, 0.717) is 6.04 Å². The van der Waals surface area contributed by atoms with Gasteiger partial charge in [0, 0.05) is 37.9 Å². The number of piperidine rings is 1. The van der Waals surface area contributed by atoms with E-state index in [9.17, 15) is 4.79 Å². The Balaban J connectivity index is 1.60. The summed E-state index contributed by atoms with van der Waals surface area (Å²) in [5.74, 6) is 1.13. The molecule has 0 unspecified atom stereocenters. The Morgan fingerprint density at radius 1 is 1.09 bits per heavy atom. The van der Waals surface area contributed by atoms with E-state index in [0.717, 1.165) is 37.3 Å². The summed E-state index contributed by atoms with van der Waals surface area (Å²) in [5, 5.41) is 0. The number of hydrogen-bond donors (Lipinski definition) is 0. The minimum absolute atomic E-state index is 0.108. The topological polar surface area (TPSA) is 36.4 Å². The number of anilines is 1. The lowest BCUT2D eigenvalue weighted by Gasteiger charge is -2.37. The second-order valence-corrected chi connectivity index (χ2v) is 5.69. The molecule has 1 fully saturated rings. The van der Waals surface area contributed by atoms with Gasteiger partial charge in [0.2, 0.25) is 0 Å². The summed E-state index contributed by atoms with van der Waals surface area (Å²) in [6.45, 7) is 1.88. The van der Waals surface area contributed by atoms with Crippen molar-refractivity contribution >= 4 is 11.7 Å². The van der Waals surface area contributed by atoms with Gasteiger partial charge >= 0.3 is 0 Å². The van der Waals surface area contributed by atoms with Crippen molar-refractivity contribution in [3.8, 4) is 0 Å². The molecule has 3 rings (SSSR count). The highest BCUT2D eigenvalue weighted by atomic mass is 16.2. The zero-order valence-corrected chi connectivity index (χ0v) is 12.9. The number of benzene rings is 1. The van der Waals surface area contributed by atoms with Gasteiger partial charge in [-0.15, -0.1) is 0 Å². The number of carbonyl (C=O) groups is 1. The quantitative estimate of drug-likeness (QED) is 0.873. The summed E-state index contributed by atoms with van der Waals surface area (Å²) < 4.78 is 0. The zero-order valence-electron chi connectivity index (χ0n) is 12.9. The molecule has 0 spiro atoms. The first-order valence-corrected chi connectivity index (χ1v) is 7.74. The zero-order chi connectivity index (χ0) is 15.4. The van der Waals surface area contributed by atoms with Crippen LogP contribution in [0.2, 0.25) is 0 Å². The third kappa shape index (κ3) is 3.11. The van der Waals surface area contributed by atoms with Crippen LogP contribution in [0.5, 0.6) is 0 Å². The second-order valence-electron chi connectivity index (χ2n) is 5.69. The van der Waals surface area contributed by atoms with Gasteiger partial charge in [-0.05, 0) is 37.1 Å². The Labute approximate surface area is 131 Å². The third-order valence-corrected chi connectivity index (χ3v) is 4.33. The molecule has 2 heterocycles. The molecular weight excluding hydrogens is 274 g/mol. The summed E-state index contributed by atoms with van der Waals surface area (Å²) in [7, 11) is 1.91. The van der Waals surface area contributed by atoms with Crippen molar-refractivity contribution < 1.29 is 4.79 Å². The van der Waals surface area contributed by atoms with Crippen LogP contribution in [0.3, 0.4) is 0 Å². The van der Waals surface area contributed by atoms with Gasteiger partial charge in [-0.3, -0.25) is 4.79 Å². The Morgan fingerprint density at radius 2 is 1.77 bits per heavy atom. The smallest absolute Gasteiger partial charge is 0.253 e. The van der Waals surface area contributed by atoms with Gasteiger partial charge in [0.05, 0.1) is 0 Å². The minimum atomic E-state index is 0.108. The average molecular weight is 295 g/mol. The van der Waals surface area contributed by atoms with E-state index < -0.39 is 0 Å². The van der Waals surface area contributed by atoms with Gasteiger partial charge in [-0.25, -0.2) is 4.98 Å². The Hall–Kier alpha value is -2.36. The molecule has 1 aromatic heterocycles. The van der Waals surface area contributed by atoms with Crippen LogP contribution in [-0.4, -0.2) is 42.0 Å². The molecule has 0 bridgehead atoms. The molecule has 0 radical (unpaired) electrons. The Bertz CT molecular complexity index is 607. The number of amides is 1. The number of carbonyl (C=O) groups excluding carboxylic acids is 1. The highest BCUT2D eigenvalue weighted by Crippen LogP contribution is 2.21. The molecule has 1 amide bonds. The maximum absolute atomic E-state index is 12.5. The lowest BCUT2D eigenvalue weighted by atomic mass is 10.0. The molecule has 0 atom stereocenters. The van der Waals surface area contributed by atoms with Crippen LogP contribution in [0.15, 0.2) is 54.7 Å². The molecule has 2 aromatic rings. The van der Waals surface area contributed by atoms with E-state index in [1.54, 1.807) is 0 Å². The largest absolute Gasteiger partial charge is 0.356 e. The van der Waals surface area contributed by atoms with Crippen LogP contribution in [0.25, 0.3) is 0 Å². The molecule has 0 N–H and O–H groups in total. The monoisotopic (exact) mass is 295 g/mol. The maximum Gasteiger partial charge on any atom is 0.253 e. The molecule has 4 nitrogen and oxygen atoms in total. The van der Waals surface area contributed by atoms with Crippen LogP contribution in [-0.2, 0) is 0 Å². The van der Waals surface area contributed by atoms with Crippen molar-refractivity contribution in [3.63, 3.8) is 0 Å². The van der Waals surface area contributed by atoms with E-state index in [-0.39, 0.29) is 5.91 Å². The number of aromatic nitrogens is 1. The van der Waals surface area contributed by atoms with Gasteiger partial charge in [-0.1, -0.05) is 24.3 Å². The number of pyridine rings is 1. The van der Waals surface area contributed by atoms with E-state index in [1.165, 1.54) is 0 Å². The molecule has 1 aliphatic heterocycles. The average Bonchev–Trinajstić information content (AvgIpc) is 2.62.